The summed E-state index contributed by atoms with van der Waals surface area (Å²) in [7, 11) is 0. The number of benzene rings is 3. The van der Waals surface area contributed by atoms with Gasteiger partial charge in [0, 0.05) is 17.1 Å². The summed E-state index contributed by atoms with van der Waals surface area (Å²) in [4.78, 5) is 15.1. The molecule has 0 aliphatic rings. The minimum Gasteiger partial charge on any atom is -0.426 e. The van der Waals surface area contributed by atoms with Crippen LogP contribution in [0.15, 0.2) is 84.9 Å². The van der Waals surface area contributed by atoms with E-state index in [9.17, 15) is 4.79 Å². The number of nitrogens with zero attached hydrogens (tertiary/aromatic N) is 1. The summed E-state index contributed by atoms with van der Waals surface area (Å²) < 4.78 is 5.79. The van der Waals surface area contributed by atoms with Crippen molar-refractivity contribution in [2.45, 2.75) is 41.0 Å². The highest BCUT2D eigenvalue weighted by Gasteiger charge is 2.33. The van der Waals surface area contributed by atoms with E-state index in [0.29, 0.717) is 11.7 Å². The molecule has 3 heteroatoms. The molecule has 0 saturated carbocycles. The maximum Gasteiger partial charge on any atom is 0.314 e. The summed E-state index contributed by atoms with van der Waals surface area (Å²) >= 11 is 0. The van der Waals surface area contributed by atoms with E-state index in [4.69, 9.17) is 4.74 Å². The van der Waals surface area contributed by atoms with Crippen LogP contribution in [0, 0.1) is 17.3 Å². The van der Waals surface area contributed by atoms with E-state index >= 15 is 0 Å². The molecule has 1 unspecified atom stereocenters. The fraction of sp³-hybridized carbons (Fsp3) is 0.321. The Kier molecular flexibility index (Phi) is 7.17. The van der Waals surface area contributed by atoms with Crippen molar-refractivity contribution >= 4 is 23.0 Å². The zero-order valence-electron chi connectivity index (χ0n) is 19.2. The lowest BCUT2D eigenvalue weighted by Crippen LogP contribution is -2.33. The molecule has 0 aliphatic heterocycles. The van der Waals surface area contributed by atoms with Gasteiger partial charge in [-0.2, -0.15) is 0 Å². The van der Waals surface area contributed by atoms with Crippen molar-refractivity contribution in [2.24, 2.45) is 17.3 Å². The lowest BCUT2D eigenvalue weighted by atomic mass is 9.76. The quantitative estimate of drug-likeness (QED) is 0.291. The number of anilines is 3. The molecular weight excluding hydrogens is 382 g/mol. The molecule has 1 atom stereocenters. The summed E-state index contributed by atoms with van der Waals surface area (Å²) in [5.41, 5.74) is 3.01. The van der Waals surface area contributed by atoms with Crippen LogP contribution in [0.1, 0.15) is 41.0 Å². The Morgan fingerprint density at radius 1 is 0.774 bits per heavy atom. The molecule has 0 bridgehead atoms. The smallest absolute Gasteiger partial charge is 0.314 e. The van der Waals surface area contributed by atoms with Gasteiger partial charge in [0.05, 0.1) is 5.92 Å². The minimum atomic E-state index is -0.156. The summed E-state index contributed by atoms with van der Waals surface area (Å²) in [6, 6.07) is 28.2. The zero-order chi connectivity index (χ0) is 22.4. The molecule has 3 aromatic carbocycles. The molecule has 0 radical (unpaired) electrons. The van der Waals surface area contributed by atoms with E-state index in [1.54, 1.807) is 0 Å². The van der Waals surface area contributed by atoms with Crippen LogP contribution in [-0.4, -0.2) is 5.97 Å². The maximum atomic E-state index is 12.9. The van der Waals surface area contributed by atoms with Crippen LogP contribution >= 0.6 is 0 Å². The molecule has 0 aromatic heterocycles. The summed E-state index contributed by atoms with van der Waals surface area (Å²) in [6.45, 7) is 10.6. The maximum absolute atomic E-state index is 12.9. The van der Waals surface area contributed by atoms with Crippen LogP contribution < -0.4 is 9.64 Å². The van der Waals surface area contributed by atoms with Crippen LogP contribution in [0.2, 0.25) is 0 Å². The first-order chi connectivity index (χ1) is 14.8. The number of carbonyl (C=O) groups is 1. The highest BCUT2D eigenvalue weighted by molar-refractivity contribution is 5.78. The Bertz CT molecular complexity index is 918. The van der Waals surface area contributed by atoms with Crippen LogP contribution in [0.4, 0.5) is 17.1 Å². The topological polar surface area (TPSA) is 29.5 Å². The Labute approximate surface area is 186 Å². The van der Waals surface area contributed by atoms with Gasteiger partial charge in [0.25, 0.3) is 0 Å². The van der Waals surface area contributed by atoms with Gasteiger partial charge in [0.1, 0.15) is 5.75 Å². The lowest BCUT2D eigenvalue weighted by molar-refractivity contribution is -0.143. The molecular formula is C28H33NO2. The van der Waals surface area contributed by atoms with Crippen LogP contribution in [0.25, 0.3) is 0 Å². The van der Waals surface area contributed by atoms with Gasteiger partial charge in [0.15, 0.2) is 0 Å². The molecule has 0 spiro atoms. The molecule has 0 fully saturated rings. The van der Waals surface area contributed by atoms with Gasteiger partial charge in [0.2, 0.25) is 0 Å². The molecule has 0 amide bonds. The first kappa shape index (κ1) is 22.6. The monoisotopic (exact) mass is 415 g/mol. The Balaban J connectivity index is 1.84. The molecule has 31 heavy (non-hydrogen) atoms. The Morgan fingerprint density at radius 2 is 1.23 bits per heavy atom. The van der Waals surface area contributed by atoms with Crippen molar-refractivity contribution in [1.29, 1.82) is 0 Å². The number of ether oxygens (including phenoxy) is 1. The number of hydrogen-bond acceptors (Lipinski definition) is 3. The molecule has 3 rings (SSSR count). The summed E-state index contributed by atoms with van der Waals surface area (Å²) in [6.07, 6.45) is 0.816. The average molecular weight is 416 g/mol. The second-order valence-corrected chi connectivity index (χ2v) is 9.47. The molecule has 0 heterocycles. The van der Waals surface area contributed by atoms with Crippen LogP contribution in [-0.2, 0) is 4.79 Å². The molecule has 0 N–H and O–H groups in total. The number of para-hydroxylation sites is 2. The van der Waals surface area contributed by atoms with E-state index in [0.717, 1.165) is 23.5 Å². The highest BCUT2D eigenvalue weighted by atomic mass is 16.5. The molecule has 162 valence electrons. The molecule has 3 aromatic rings. The van der Waals surface area contributed by atoms with Gasteiger partial charge in [-0.1, -0.05) is 71.0 Å². The third-order valence-electron chi connectivity index (χ3n) is 5.38. The van der Waals surface area contributed by atoms with Gasteiger partial charge in [-0.05, 0) is 66.3 Å². The average Bonchev–Trinajstić information content (AvgIpc) is 2.74. The first-order valence-electron chi connectivity index (χ1n) is 11.0. The zero-order valence-corrected chi connectivity index (χ0v) is 19.2. The largest absolute Gasteiger partial charge is 0.426 e. The third kappa shape index (κ3) is 5.97. The summed E-state index contributed by atoms with van der Waals surface area (Å²) in [5.74, 6) is 0.714. The van der Waals surface area contributed by atoms with Gasteiger partial charge in [-0.25, -0.2) is 0 Å². The number of esters is 1. The lowest BCUT2D eigenvalue weighted by Gasteiger charge is -2.30. The number of rotatable bonds is 7. The predicted molar refractivity (Wildman–Crippen MR) is 129 cm³/mol. The first-order valence-corrected chi connectivity index (χ1v) is 11.0. The van der Waals surface area contributed by atoms with E-state index in [-0.39, 0.29) is 17.3 Å². The van der Waals surface area contributed by atoms with E-state index < -0.39 is 0 Å². The van der Waals surface area contributed by atoms with Crippen molar-refractivity contribution in [1.82, 2.24) is 0 Å². The fourth-order valence-electron chi connectivity index (χ4n) is 3.73. The number of carbonyl (C=O) groups excluding carboxylic acids is 1. The van der Waals surface area contributed by atoms with Crippen molar-refractivity contribution < 1.29 is 9.53 Å². The van der Waals surface area contributed by atoms with Gasteiger partial charge >= 0.3 is 5.97 Å². The van der Waals surface area contributed by atoms with Gasteiger partial charge < -0.3 is 9.64 Å². The van der Waals surface area contributed by atoms with Crippen molar-refractivity contribution in [3.63, 3.8) is 0 Å². The summed E-state index contributed by atoms with van der Waals surface area (Å²) in [5, 5.41) is 0. The highest BCUT2D eigenvalue weighted by Crippen LogP contribution is 2.36. The second-order valence-electron chi connectivity index (χ2n) is 9.47. The predicted octanol–water partition coefficient (Wildman–Crippen LogP) is 7.77. The standard InChI is InChI=1S/C28H33NO2/c1-21(2)20-26(28(3,4)5)27(30)31-25-18-16-24(17-19-25)29(22-12-8-6-9-13-22)23-14-10-7-11-15-23/h6-19,21,26H,20H2,1-5H3. The molecule has 0 saturated heterocycles. The Morgan fingerprint density at radius 3 is 1.65 bits per heavy atom. The van der Waals surface area contributed by atoms with Gasteiger partial charge in [-0.3, -0.25) is 4.79 Å². The second kappa shape index (κ2) is 9.82. The van der Waals surface area contributed by atoms with E-state index in [1.807, 2.05) is 60.7 Å². The third-order valence-corrected chi connectivity index (χ3v) is 5.38. The van der Waals surface area contributed by atoms with Crippen molar-refractivity contribution in [2.75, 3.05) is 4.90 Å². The number of hydrogen-bond donors (Lipinski definition) is 0. The molecule has 0 aliphatic carbocycles. The normalized spacial score (nSPS) is 12.5. The van der Waals surface area contributed by atoms with Crippen LogP contribution in [0.3, 0.4) is 0 Å². The minimum absolute atomic E-state index is 0.140. The fourth-order valence-corrected chi connectivity index (χ4v) is 3.73. The van der Waals surface area contributed by atoms with Gasteiger partial charge in [-0.15, -0.1) is 0 Å². The Hall–Kier alpha value is -3.07. The van der Waals surface area contributed by atoms with Crippen LogP contribution in [0.5, 0.6) is 5.75 Å². The van der Waals surface area contributed by atoms with E-state index in [1.165, 1.54) is 0 Å². The SMILES string of the molecule is CC(C)CC(C(=O)Oc1ccc(N(c2ccccc2)c2ccccc2)cc1)C(C)(C)C. The van der Waals surface area contributed by atoms with Crippen molar-refractivity contribution in [3.8, 4) is 5.75 Å². The van der Waals surface area contributed by atoms with E-state index in [2.05, 4.69) is 63.8 Å². The molecule has 3 nitrogen and oxygen atoms in total. The van der Waals surface area contributed by atoms with Crippen molar-refractivity contribution in [3.05, 3.63) is 84.9 Å².